The van der Waals surface area contributed by atoms with E-state index in [0.717, 1.165) is 16.7 Å². The maximum Gasteiger partial charge on any atom is 0.230 e. The number of benzene rings is 2. The van der Waals surface area contributed by atoms with Crippen molar-refractivity contribution in [3.63, 3.8) is 0 Å². The van der Waals surface area contributed by atoms with Crippen LogP contribution in [0.2, 0.25) is 0 Å². The van der Waals surface area contributed by atoms with Crippen molar-refractivity contribution in [2.24, 2.45) is 0 Å². The van der Waals surface area contributed by atoms with Crippen molar-refractivity contribution in [3.8, 4) is 5.69 Å². The molecule has 1 aromatic heterocycles. The minimum atomic E-state index is -0.0350. The van der Waals surface area contributed by atoms with Crippen LogP contribution in [-0.2, 0) is 11.2 Å². The Morgan fingerprint density at radius 3 is 2.38 bits per heavy atom. The van der Waals surface area contributed by atoms with E-state index >= 15 is 0 Å². The summed E-state index contributed by atoms with van der Waals surface area (Å²) in [6.45, 7) is 0. The Labute approximate surface area is 145 Å². The average Bonchev–Trinajstić information content (AvgIpc) is 3.03. The monoisotopic (exact) mass is 338 g/mol. The van der Waals surface area contributed by atoms with Crippen molar-refractivity contribution in [1.82, 2.24) is 20.1 Å². The second-order valence-electron chi connectivity index (χ2n) is 5.19. The molecule has 0 saturated carbocycles. The Hall–Kier alpha value is -2.60. The molecule has 0 aliphatic carbocycles. The standard InChI is InChI=1S/C18H18N4OS/c1-19-17(23)13-24-18-21-20-16(12-14-8-4-2-5-9-14)22(18)15-10-6-3-7-11-15/h2-11H,12-13H2,1H3,(H,19,23). The number of carbonyl (C=O) groups excluding carboxylic acids is 1. The minimum Gasteiger partial charge on any atom is -0.358 e. The molecule has 0 atom stereocenters. The summed E-state index contributed by atoms with van der Waals surface area (Å²) in [5.74, 6) is 1.13. The summed E-state index contributed by atoms with van der Waals surface area (Å²) < 4.78 is 2.01. The van der Waals surface area contributed by atoms with Gasteiger partial charge < -0.3 is 5.32 Å². The van der Waals surface area contributed by atoms with E-state index in [4.69, 9.17) is 0 Å². The maximum atomic E-state index is 11.5. The fourth-order valence-corrected chi connectivity index (χ4v) is 3.17. The molecule has 0 aliphatic rings. The highest BCUT2D eigenvalue weighted by Gasteiger charge is 2.15. The smallest absolute Gasteiger partial charge is 0.230 e. The van der Waals surface area contributed by atoms with Gasteiger partial charge in [0, 0.05) is 19.2 Å². The highest BCUT2D eigenvalue weighted by molar-refractivity contribution is 7.99. The highest BCUT2D eigenvalue weighted by atomic mass is 32.2. The van der Waals surface area contributed by atoms with Crippen LogP contribution in [-0.4, -0.2) is 33.5 Å². The number of amides is 1. The molecule has 3 rings (SSSR count). The summed E-state index contributed by atoms with van der Waals surface area (Å²) in [5, 5.41) is 12.0. The zero-order valence-corrected chi connectivity index (χ0v) is 14.2. The Kier molecular flexibility index (Phi) is 5.28. The summed E-state index contributed by atoms with van der Waals surface area (Å²) >= 11 is 1.38. The van der Waals surface area contributed by atoms with Crippen molar-refractivity contribution in [2.75, 3.05) is 12.8 Å². The summed E-state index contributed by atoms with van der Waals surface area (Å²) in [4.78, 5) is 11.5. The molecular formula is C18H18N4OS. The van der Waals surface area contributed by atoms with E-state index in [1.165, 1.54) is 17.3 Å². The third-order valence-corrected chi connectivity index (χ3v) is 4.46. The van der Waals surface area contributed by atoms with Gasteiger partial charge in [0.1, 0.15) is 5.82 Å². The van der Waals surface area contributed by atoms with Crippen LogP contribution in [0.25, 0.3) is 5.69 Å². The zero-order chi connectivity index (χ0) is 16.8. The fourth-order valence-electron chi connectivity index (χ4n) is 2.33. The van der Waals surface area contributed by atoms with E-state index in [9.17, 15) is 4.79 Å². The summed E-state index contributed by atoms with van der Waals surface area (Å²) in [6.07, 6.45) is 0.684. The van der Waals surface area contributed by atoms with E-state index in [1.54, 1.807) is 7.05 Å². The lowest BCUT2D eigenvalue weighted by Crippen LogP contribution is -2.20. The Morgan fingerprint density at radius 2 is 1.71 bits per heavy atom. The number of rotatable bonds is 6. The Morgan fingerprint density at radius 1 is 1.04 bits per heavy atom. The van der Waals surface area contributed by atoms with E-state index in [1.807, 2.05) is 53.1 Å². The van der Waals surface area contributed by atoms with Crippen molar-refractivity contribution in [2.45, 2.75) is 11.6 Å². The predicted octanol–water partition coefficient (Wildman–Crippen LogP) is 2.70. The molecule has 2 aromatic carbocycles. The first-order chi connectivity index (χ1) is 11.8. The van der Waals surface area contributed by atoms with Crippen LogP contribution in [0.15, 0.2) is 65.8 Å². The first kappa shape index (κ1) is 16.3. The maximum absolute atomic E-state index is 11.5. The largest absolute Gasteiger partial charge is 0.358 e. The van der Waals surface area contributed by atoms with Gasteiger partial charge in [0.05, 0.1) is 5.75 Å². The number of thioether (sulfide) groups is 1. The topological polar surface area (TPSA) is 59.8 Å². The molecule has 0 radical (unpaired) electrons. The highest BCUT2D eigenvalue weighted by Crippen LogP contribution is 2.23. The van der Waals surface area contributed by atoms with Gasteiger partial charge in [0.15, 0.2) is 5.16 Å². The van der Waals surface area contributed by atoms with Gasteiger partial charge in [-0.25, -0.2) is 0 Å². The molecule has 3 aromatic rings. The van der Waals surface area contributed by atoms with Gasteiger partial charge >= 0.3 is 0 Å². The second-order valence-corrected chi connectivity index (χ2v) is 6.14. The van der Waals surface area contributed by atoms with Crippen LogP contribution in [0.4, 0.5) is 0 Å². The van der Waals surface area contributed by atoms with Crippen molar-refractivity contribution in [3.05, 3.63) is 72.1 Å². The molecule has 6 heteroatoms. The molecule has 24 heavy (non-hydrogen) atoms. The third kappa shape index (κ3) is 3.83. The average molecular weight is 338 g/mol. The SMILES string of the molecule is CNC(=O)CSc1nnc(Cc2ccccc2)n1-c1ccccc1. The first-order valence-electron chi connectivity index (χ1n) is 7.65. The first-order valence-corrected chi connectivity index (χ1v) is 8.63. The fraction of sp³-hybridized carbons (Fsp3) is 0.167. The zero-order valence-electron chi connectivity index (χ0n) is 13.3. The number of nitrogens with zero attached hydrogens (tertiary/aromatic N) is 3. The van der Waals surface area contributed by atoms with Crippen LogP contribution in [0, 0.1) is 0 Å². The molecular weight excluding hydrogens is 320 g/mol. The summed E-state index contributed by atoms with van der Waals surface area (Å²) in [7, 11) is 1.63. The van der Waals surface area contributed by atoms with Gasteiger partial charge in [-0.15, -0.1) is 10.2 Å². The molecule has 0 unspecified atom stereocenters. The number of hydrogen-bond donors (Lipinski definition) is 1. The van der Waals surface area contributed by atoms with Crippen molar-refractivity contribution in [1.29, 1.82) is 0 Å². The van der Waals surface area contributed by atoms with E-state index in [-0.39, 0.29) is 5.91 Å². The number of para-hydroxylation sites is 1. The van der Waals surface area contributed by atoms with Crippen molar-refractivity contribution < 1.29 is 4.79 Å². The molecule has 1 amide bonds. The lowest BCUT2D eigenvalue weighted by atomic mass is 10.1. The summed E-state index contributed by atoms with van der Waals surface area (Å²) in [6, 6.07) is 20.1. The molecule has 0 spiro atoms. The van der Waals surface area contributed by atoms with Crippen LogP contribution in [0.1, 0.15) is 11.4 Å². The normalized spacial score (nSPS) is 10.5. The van der Waals surface area contributed by atoms with E-state index < -0.39 is 0 Å². The quantitative estimate of drug-likeness (QED) is 0.702. The molecule has 0 fully saturated rings. The lowest BCUT2D eigenvalue weighted by molar-refractivity contribution is -0.118. The molecule has 1 N–H and O–H groups in total. The van der Waals surface area contributed by atoms with Gasteiger partial charge in [0.25, 0.3) is 0 Å². The van der Waals surface area contributed by atoms with Crippen LogP contribution >= 0.6 is 11.8 Å². The van der Waals surface area contributed by atoms with Gasteiger partial charge in [-0.2, -0.15) is 0 Å². The number of nitrogens with one attached hydrogen (secondary N) is 1. The second kappa shape index (κ2) is 7.79. The van der Waals surface area contributed by atoms with Crippen molar-refractivity contribution >= 4 is 17.7 Å². The van der Waals surface area contributed by atoms with Crippen LogP contribution in [0.5, 0.6) is 0 Å². The molecule has 0 saturated heterocycles. The van der Waals surface area contributed by atoms with Crippen LogP contribution < -0.4 is 5.32 Å². The number of aromatic nitrogens is 3. The van der Waals surface area contributed by atoms with Gasteiger partial charge in [-0.1, -0.05) is 60.3 Å². The minimum absolute atomic E-state index is 0.0350. The third-order valence-electron chi connectivity index (χ3n) is 3.53. The predicted molar refractivity (Wildman–Crippen MR) is 95.4 cm³/mol. The molecule has 0 bridgehead atoms. The molecule has 5 nitrogen and oxygen atoms in total. The van der Waals surface area contributed by atoms with Crippen LogP contribution in [0.3, 0.4) is 0 Å². The Balaban J connectivity index is 1.93. The van der Waals surface area contributed by atoms with E-state index in [2.05, 4.69) is 27.6 Å². The van der Waals surface area contributed by atoms with E-state index in [0.29, 0.717) is 12.2 Å². The molecule has 1 heterocycles. The van der Waals surface area contributed by atoms with Gasteiger partial charge in [-0.3, -0.25) is 9.36 Å². The number of hydrogen-bond acceptors (Lipinski definition) is 4. The lowest BCUT2D eigenvalue weighted by Gasteiger charge is -2.10. The molecule has 122 valence electrons. The Bertz CT molecular complexity index is 802. The summed E-state index contributed by atoms with van der Waals surface area (Å²) in [5.41, 5.74) is 2.16. The van der Waals surface area contributed by atoms with Gasteiger partial charge in [-0.05, 0) is 17.7 Å². The molecule has 0 aliphatic heterocycles. The number of carbonyl (C=O) groups is 1. The van der Waals surface area contributed by atoms with Gasteiger partial charge in [0.2, 0.25) is 5.91 Å².